The Balaban J connectivity index is 1.58. The molecule has 8 nitrogen and oxygen atoms in total. The van der Waals surface area contributed by atoms with Gasteiger partial charge < -0.3 is 13.9 Å². The van der Waals surface area contributed by atoms with Crippen molar-refractivity contribution < 1.29 is 27.1 Å². The summed E-state index contributed by atoms with van der Waals surface area (Å²) in [5, 5.41) is 0.606. The Bertz CT molecular complexity index is 1400. The van der Waals surface area contributed by atoms with E-state index < -0.39 is 27.7 Å². The molecule has 1 atom stereocenters. The third kappa shape index (κ3) is 4.45. The number of nitrogens with zero attached hydrogens (tertiary/aromatic N) is 1. The molecule has 0 N–H and O–H groups in total. The van der Waals surface area contributed by atoms with Crippen molar-refractivity contribution >= 4 is 27.0 Å². The number of aryl methyl sites for hydroxylation is 3. The number of benzene rings is 2. The molecule has 0 spiro atoms. The predicted molar refractivity (Wildman–Crippen MR) is 126 cm³/mol. The smallest absolute Gasteiger partial charge is 0.336 e. The number of esters is 1. The number of methoxy groups -OCH3 is 1. The summed E-state index contributed by atoms with van der Waals surface area (Å²) in [7, 11) is -2.38. The predicted octanol–water partition coefficient (Wildman–Crippen LogP) is 3.62. The van der Waals surface area contributed by atoms with Crippen molar-refractivity contribution in [2.45, 2.75) is 51.2 Å². The molecule has 1 saturated heterocycles. The van der Waals surface area contributed by atoms with Crippen LogP contribution < -0.4 is 10.4 Å². The van der Waals surface area contributed by atoms with E-state index in [1.807, 2.05) is 19.1 Å². The van der Waals surface area contributed by atoms with E-state index in [-0.39, 0.29) is 18.0 Å². The van der Waals surface area contributed by atoms with Gasteiger partial charge in [0.25, 0.3) is 0 Å². The largest absolute Gasteiger partial charge is 0.497 e. The molecule has 1 aromatic heterocycles. The highest BCUT2D eigenvalue weighted by Gasteiger charge is 2.41. The molecule has 2 heterocycles. The highest BCUT2D eigenvalue weighted by molar-refractivity contribution is 7.89. The third-order valence-corrected chi connectivity index (χ3v) is 8.27. The van der Waals surface area contributed by atoms with Gasteiger partial charge in [0.15, 0.2) is 0 Å². The molecule has 0 amide bonds. The van der Waals surface area contributed by atoms with E-state index in [9.17, 15) is 18.0 Å². The van der Waals surface area contributed by atoms with E-state index in [4.69, 9.17) is 13.9 Å². The van der Waals surface area contributed by atoms with Crippen molar-refractivity contribution in [3.05, 3.63) is 69.1 Å². The summed E-state index contributed by atoms with van der Waals surface area (Å²) in [4.78, 5) is 25.2. The Morgan fingerprint density at radius 2 is 1.82 bits per heavy atom. The van der Waals surface area contributed by atoms with E-state index in [1.165, 1.54) is 17.5 Å². The van der Waals surface area contributed by atoms with Crippen LogP contribution >= 0.6 is 0 Å². The second-order valence-corrected chi connectivity index (χ2v) is 10.4. The number of fused-ring (bicyclic) bond motifs is 1. The number of ether oxygens (including phenoxy) is 2. The minimum Gasteiger partial charge on any atom is -0.497 e. The van der Waals surface area contributed by atoms with Crippen LogP contribution in [0.25, 0.3) is 11.0 Å². The van der Waals surface area contributed by atoms with Crippen LogP contribution in [-0.2, 0) is 26.2 Å². The van der Waals surface area contributed by atoms with Gasteiger partial charge in [0.2, 0.25) is 10.0 Å². The maximum Gasteiger partial charge on any atom is 0.336 e. The molecule has 180 valence electrons. The van der Waals surface area contributed by atoms with Gasteiger partial charge in [-0.1, -0.05) is 17.7 Å². The van der Waals surface area contributed by atoms with Gasteiger partial charge >= 0.3 is 11.6 Å². The summed E-state index contributed by atoms with van der Waals surface area (Å²) in [5.41, 5.74) is 2.47. The van der Waals surface area contributed by atoms with Crippen LogP contribution in [0, 0.1) is 20.8 Å². The maximum atomic E-state index is 13.5. The van der Waals surface area contributed by atoms with Crippen molar-refractivity contribution in [3.63, 3.8) is 0 Å². The molecule has 0 unspecified atom stereocenters. The van der Waals surface area contributed by atoms with Gasteiger partial charge in [-0.05, 0) is 56.9 Å². The van der Waals surface area contributed by atoms with Crippen molar-refractivity contribution in [3.8, 4) is 5.75 Å². The van der Waals surface area contributed by atoms with Crippen molar-refractivity contribution in [1.82, 2.24) is 4.31 Å². The van der Waals surface area contributed by atoms with Crippen molar-refractivity contribution in [2.24, 2.45) is 0 Å². The topological polar surface area (TPSA) is 103 Å². The van der Waals surface area contributed by atoms with Crippen molar-refractivity contribution in [2.75, 3.05) is 13.7 Å². The Morgan fingerprint density at radius 1 is 1.12 bits per heavy atom. The average Bonchev–Trinajstić information content (AvgIpc) is 3.27. The summed E-state index contributed by atoms with van der Waals surface area (Å²) < 4.78 is 44.2. The first-order valence-electron chi connectivity index (χ1n) is 11.0. The molecule has 0 bridgehead atoms. The fourth-order valence-electron chi connectivity index (χ4n) is 4.66. The Labute approximate surface area is 198 Å². The number of carbonyl (C=O) groups excluding carboxylic acids is 1. The lowest BCUT2D eigenvalue weighted by atomic mass is 10.1. The summed E-state index contributed by atoms with van der Waals surface area (Å²) in [6.07, 6.45) is 0.928. The lowest BCUT2D eigenvalue weighted by Gasteiger charge is -2.25. The molecule has 4 rings (SSSR count). The van der Waals surface area contributed by atoms with Crippen LogP contribution in [0.4, 0.5) is 0 Å². The number of carbonyl (C=O) groups is 1. The van der Waals surface area contributed by atoms with Crippen LogP contribution in [-0.4, -0.2) is 38.4 Å². The zero-order valence-electron chi connectivity index (χ0n) is 19.6. The van der Waals surface area contributed by atoms with Crippen LogP contribution in [0.3, 0.4) is 0 Å². The zero-order valence-corrected chi connectivity index (χ0v) is 20.4. The maximum absolute atomic E-state index is 13.5. The van der Waals surface area contributed by atoms with Crippen LogP contribution in [0.1, 0.15) is 35.1 Å². The molecule has 1 fully saturated rings. The highest BCUT2D eigenvalue weighted by atomic mass is 32.2. The van der Waals surface area contributed by atoms with Crippen LogP contribution in [0.15, 0.2) is 50.5 Å². The van der Waals surface area contributed by atoms with E-state index in [0.717, 1.165) is 5.56 Å². The fourth-order valence-corrected chi connectivity index (χ4v) is 6.72. The number of hydrogen-bond acceptors (Lipinski definition) is 7. The molecular weight excluding hydrogens is 458 g/mol. The van der Waals surface area contributed by atoms with Gasteiger partial charge in [-0.15, -0.1) is 0 Å². The standard InChI is InChI=1S/C25H27NO7S/c1-15-10-16(2)24(17(3)11-15)34(29,30)26-9-5-6-21(26)25(28)32-14-18-12-23(27)33-22-13-19(31-4)7-8-20(18)22/h7-8,10-13,21H,5-6,9,14H2,1-4H3/t21-/m1/s1. The van der Waals surface area contributed by atoms with Gasteiger partial charge in [-0.25, -0.2) is 13.2 Å². The Kier molecular flexibility index (Phi) is 6.51. The molecule has 1 aliphatic rings. The second-order valence-electron chi connectivity index (χ2n) is 8.56. The Hall–Kier alpha value is -3.17. The van der Waals surface area contributed by atoms with Gasteiger partial charge in [0, 0.05) is 29.6 Å². The minimum atomic E-state index is -3.89. The van der Waals surface area contributed by atoms with E-state index in [1.54, 1.807) is 32.0 Å². The molecule has 2 aromatic carbocycles. The van der Waals surface area contributed by atoms with E-state index >= 15 is 0 Å². The monoisotopic (exact) mass is 485 g/mol. The lowest BCUT2D eigenvalue weighted by molar-refractivity contribution is -0.148. The molecule has 3 aromatic rings. The highest BCUT2D eigenvalue weighted by Crippen LogP contribution is 2.31. The molecular formula is C25H27NO7S. The second kappa shape index (κ2) is 9.23. The van der Waals surface area contributed by atoms with E-state index in [0.29, 0.717) is 46.3 Å². The average molecular weight is 486 g/mol. The molecule has 0 radical (unpaired) electrons. The zero-order chi connectivity index (χ0) is 24.6. The quantitative estimate of drug-likeness (QED) is 0.388. The molecule has 9 heteroatoms. The number of hydrogen-bond donors (Lipinski definition) is 0. The van der Waals surface area contributed by atoms with Gasteiger partial charge in [-0.2, -0.15) is 4.31 Å². The summed E-state index contributed by atoms with van der Waals surface area (Å²) in [6, 6.07) is 9.01. The number of rotatable bonds is 6. The molecule has 0 aliphatic carbocycles. The molecule has 1 aliphatic heterocycles. The van der Waals surface area contributed by atoms with Gasteiger partial charge in [0.05, 0.1) is 12.0 Å². The molecule has 34 heavy (non-hydrogen) atoms. The Morgan fingerprint density at radius 3 is 2.50 bits per heavy atom. The first-order chi connectivity index (χ1) is 16.1. The number of sulfonamides is 1. The van der Waals surface area contributed by atoms with E-state index in [2.05, 4.69) is 0 Å². The fraction of sp³-hybridized carbons (Fsp3) is 0.360. The summed E-state index contributed by atoms with van der Waals surface area (Å²) in [5.74, 6) is -0.114. The SMILES string of the molecule is COc1ccc2c(COC(=O)[C@H]3CCCN3S(=O)(=O)c3c(C)cc(C)cc3C)cc(=O)oc2c1. The minimum absolute atomic E-state index is 0.180. The van der Waals surface area contributed by atoms with Gasteiger partial charge in [0.1, 0.15) is 24.0 Å². The van der Waals surface area contributed by atoms with Crippen molar-refractivity contribution in [1.29, 1.82) is 0 Å². The van der Waals surface area contributed by atoms with Crippen LogP contribution in [0.2, 0.25) is 0 Å². The summed E-state index contributed by atoms with van der Waals surface area (Å²) >= 11 is 0. The summed E-state index contributed by atoms with van der Waals surface area (Å²) in [6.45, 7) is 5.50. The van der Waals surface area contributed by atoms with Gasteiger partial charge in [-0.3, -0.25) is 4.79 Å². The first-order valence-corrected chi connectivity index (χ1v) is 12.4. The molecule has 0 saturated carbocycles. The third-order valence-electron chi connectivity index (χ3n) is 6.05. The first kappa shape index (κ1) is 24.0. The van der Waals surface area contributed by atoms with Crippen LogP contribution in [0.5, 0.6) is 5.75 Å². The lowest BCUT2D eigenvalue weighted by Crippen LogP contribution is -2.41. The normalized spacial score (nSPS) is 16.6.